The second-order valence-corrected chi connectivity index (χ2v) is 5.49. The summed E-state index contributed by atoms with van der Waals surface area (Å²) in [7, 11) is 0. The number of nitrogens with two attached hydrogens (primary N) is 1. The molecule has 108 valence electrons. The van der Waals surface area contributed by atoms with Crippen molar-refractivity contribution >= 4 is 17.9 Å². The number of benzene rings is 2. The van der Waals surface area contributed by atoms with E-state index >= 15 is 0 Å². The normalized spacial score (nSPS) is 11.0. The number of aldehydes is 1. The van der Waals surface area contributed by atoms with E-state index in [9.17, 15) is 9.59 Å². The molecule has 3 N–H and O–H groups in total. The van der Waals surface area contributed by atoms with Crippen molar-refractivity contribution in [1.82, 2.24) is 5.32 Å². The van der Waals surface area contributed by atoms with E-state index in [1.807, 2.05) is 36.4 Å². The third-order valence-corrected chi connectivity index (χ3v) is 3.12. The number of nitrogens with one attached hydrogen (secondary N) is 1. The van der Waals surface area contributed by atoms with Crippen LogP contribution in [0.25, 0.3) is 11.1 Å². The van der Waals surface area contributed by atoms with E-state index in [2.05, 4.69) is 5.32 Å². The first-order valence-electron chi connectivity index (χ1n) is 6.66. The van der Waals surface area contributed by atoms with Crippen LogP contribution in [0.2, 0.25) is 0 Å². The van der Waals surface area contributed by atoms with Crippen molar-refractivity contribution in [3.05, 3.63) is 54.1 Å². The van der Waals surface area contributed by atoms with E-state index in [4.69, 9.17) is 5.73 Å². The molecule has 1 amide bonds. The van der Waals surface area contributed by atoms with Crippen molar-refractivity contribution in [2.45, 2.75) is 19.4 Å². The van der Waals surface area contributed by atoms with Crippen molar-refractivity contribution in [1.29, 1.82) is 0 Å². The number of hydrogen-bond acceptors (Lipinski definition) is 3. The summed E-state index contributed by atoms with van der Waals surface area (Å²) in [6.07, 6.45) is 0.716. The van der Waals surface area contributed by atoms with Crippen molar-refractivity contribution in [3.8, 4) is 11.1 Å². The maximum atomic E-state index is 12.0. The Morgan fingerprint density at radius 2 is 1.48 bits per heavy atom. The lowest BCUT2D eigenvalue weighted by molar-refractivity contribution is -0.112. The van der Waals surface area contributed by atoms with Gasteiger partial charge in [-0.25, -0.2) is 0 Å². The van der Waals surface area contributed by atoms with Gasteiger partial charge in [0, 0.05) is 11.3 Å². The van der Waals surface area contributed by atoms with Gasteiger partial charge >= 0.3 is 0 Å². The van der Waals surface area contributed by atoms with E-state index in [-0.39, 0.29) is 5.91 Å². The van der Waals surface area contributed by atoms with E-state index in [0.29, 0.717) is 17.5 Å². The Balaban J connectivity index is 2.17. The largest absolute Gasteiger partial charge is 0.399 e. The molecule has 0 spiro atoms. The Labute approximate surface area is 124 Å². The van der Waals surface area contributed by atoms with Crippen LogP contribution in [0.3, 0.4) is 0 Å². The van der Waals surface area contributed by atoms with Crippen molar-refractivity contribution in [2.24, 2.45) is 0 Å². The van der Waals surface area contributed by atoms with E-state index in [1.54, 1.807) is 26.0 Å². The molecule has 4 nitrogen and oxygen atoms in total. The summed E-state index contributed by atoms with van der Waals surface area (Å²) in [6, 6.07) is 14.7. The summed E-state index contributed by atoms with van der Waals surface area (Å²) in [5.41, 5.74) is 8.06. The zero-order valence-corrected chi connectivity index (χ0v) is 12.1. The lowest BCUT2D eigenvalue weighted by Crippen LogP contribution is -2.44. The highest BCUT2D eigenvalue weighted by Gasteiger charge is 2.19. The molecule has 0 saturated carbocycles. The van der Waals surface area contributed by atoms with Gasteiger partial charge in [0.2, 0.25) is 0 Å². The maximum Gasteiger partial charge on any atom is 0.252 e. The quantitative estimate of drug-likeness (QED) is 0.669. The molecule has 0 atom stereocenters. The molecule has 0 aliphatic heterocycles. The Morgan fingerprint density at radius 1 is 1.00 bits per heavy atom. The summed E-state index contributed by atoms with van der Waals surface area (Å²) in [6.45, 7) is 3.31. The molecule has 21 heavy (non-hydrogen) atoms. The fraction of sp³-hybridized carbons (Fsp3) is 0.176. The van der Waals surface area contributed by atoms with Gasteiger partial charge in [0.1, 0.15) is 6.29 Å². The highest BCUT2D eigenvalue weighted by molar-refractivity contribution is 5.96. The summed E-state index contributed by atoms with van der Waals surface area (Å²) in [5, 5.41) is 2.67. The zero-order valence-electron chi connectivity index (χ0n) is 12.1. The average molecular weight is 282 g/mol. The number of anilines is 1. The van der Waals surface area contributed by atoms with Gasteiger partial charge in [-0.2, -0.15) is 0 Å². The topological polar surface area (TPSA) is 72.2 Å². The molecule has 0 heterocycles. The fourth-order valence-electron chi connectivity index (χ4n) is 1.88. The summed E-state index contributed by atoms with van der Waals surface area (Å²) >= 11 is 0. The molecule has 0 fully saturated rings. The Bertz CT molecular complexity index is 643. The molecule has 0 saturated heterocycles. The van der Waals surface area contributed by atoms with Crippen LogP contribution in [0.5, 0.6) is 0 Å². The molecule has 0 aromatic heterocycles. The molecule has 4 heteroatoms. The maximum absolute atomic E-state index is 12.0. The molecule has 0 radical (unpaired) electrons. The smallest absolute Gasteiger partial charge is 0.252 e. The molecule has 2 rings (SSSR count). The predicted molar refractivity (Wildman–Crippen MR) is 83.9 cm³/mol. The second-order valence-electron chi connectivity index (χ2n) is 5.49. The molecule has 0 aliphatic carbocycles. The van der Waals surface area contributed by atoms with Gasteiger partial charge in [-0.1, -0.05) is 24.3 Å². The summed E-state index contributed by atoms with van der Waals surface area (Å²) in [4.78, 5) is 22.9. The van der Waals surface area contributed by atoms with Crippen molar-refractivity contribution < 1.29 is 9.59 Å². The standard InChI is InChI=1S/C17H18N2O2/c1-17(2,11-20)19-16(21)14-5-3-12(4-6-14)13-7-9-15(18)10-8-13/h3-11H,18H2,1-2H3,(H,19,21). The molecule has 2 aromatic rings. The van der Waals surface area contributed by atoms with Gasteiger partial charge in [-0.05, 0) is 49.2 Å². The number of hydrogen-bond donors (Lipinski definition) is 2. The van der Waals surface area contributed by atoms with Crippen molar-refractivity contribution in [2.75, 3.05) is 5.73 Å². The molecule has 0 bridgehead atoms. The molecule has 0 aliphatic rings. The van der Waals surface area contributed by atoms with Crippen LogP contribution in [-0.4, -0.2) is 17.7 Å². The molecular weight excluding hydrogens is 264 g/mol. The van der Waals surface area contributed by atoms with Gasteiger partial charge < -0.3 is 15.8 Å². The minimum Gasteiger partial charge on any atom is -0.399 e. The minimum atomic E-state index is -0.868. The van der Waals surface area contributed by atoms with Crippen LogP contribution < -0.4 is 11.1 Å². The Kier molecular flexibility index (Phi) is 4.08. The van der Waals surface area contributed by atoms with E-state index in [1.165, 1.54) is 0 Å². The first-order valence-corrected chi connectivity index (χ1v) is 6.66. The third kappa shape index (κ3) is 3.69. The number of nitrogen functional groups attached to an aromatic ring is 1. The van der Waals surface area contributed by atoms with Gasteiger partial charge in [-0.3, -0.25) is 4.79 Å². The van der Waals surface area contributed by atoms with Crippen molar-refractivity contribution in [3.63, 3.8) is 0 Å². The first-order chi connectivity index (χ1) is 9.91. The Morgan fingerprint density at radius 3 is 1.95 bits per heavy atom. The van der Waals surface area contributed by atoms with Gasteiger partial charge in [-0.15, -0.1) is 0 Å². The molecule has 2 aromatic carbocycles. The Hall–Kier alpha value is -2.62. The van der Waals surface area contributed by atoms with Crippen LogP contribution in [0.15, 0.2) is 48.5 Å². The van der Waals surface area contributed by atoms with Crippen LogP contribution in [0.1, 0.15) is 24.2 Å². The third-order valence-electron chi connectivity index (χ3n) is 3.12. The van der Waals surface area contributed by atoms with Crippen LogP contribution in [0.4, 0.5) is 5.69 Å². The number of rotatable bonds is 4. The SMILES string of the molecule is CC(C)(C=O)NC(=O)c1ccc(-c2ccc(N)cc2)cc1. The molecular formula is C17H18N2O2. The van der Waals surface area contributed by atoms with Gasteiger partial charge in [0.15, 0.2) is 0 Å². The average Bonchev–Trinajstić information content (AvgIpc) is 2.48. The highest BCUT2D eigenvalue weighted by Crippen LogP contribution is 2.21. The van der Waals surface area contributed by atoms with Gasteiger partial charge in [0.25, 0.3) is 5.91 Å². The van der Waals surface area contributed by atoms with Crippen LogP contribution in [-0.2, 0) is 4.79 Å². The highest BCUT2D eigenvalue weighted by atomic mass is 16.2. The monoisotopic (exact) mass is 282 g/mol. The first kappa shape index (κ1) is 14.8. The lowest BCUT2D eigenvalue weighted by atomic mass is 10.0. The predicted octanol–water partition coefficient (Wildman–Crippen LogP) is 2.64. The van der Waals surface area contributed by atoms with Crippen LogP contribution in [0, 0.1) is 0 Å². The number of amides is 1. The summed E-state index contributed by atoms with van der Waals surface area (Å²) < 4.78 is 0. The fourth-order valence-corrected chi connectivity index (χ4v) is 1.88. The van der Waals surface area contributed by atoms with E-state index < -0.39 is 5.54 Å². The number of carbonyl (C=O) groups excluding carboxylic acids is 2. The lowest BCUT2D eigenvalue weighted by Gasteiger charge is -2.19. The number of carbonyl (C=O) groups is 2. The minimum absolute atomic E-state index is 0.268. The summed E-state index contributed by atoms with van der Waals surface area (Å²) in [5.74, 6) is -0.268. The van der Waals surface area contributed by atoms with E-state index in [0.717, 1.165) is 11.1 Å². The zero-order chi connectivity index (χ0) is 15.5. The van der Waals surface area contributed by atoms with Crippen LogP contribution >= 0.6 is 0 Å². The second kappa shape index (κ2) is 5.79. The molecule has 0 unspecified atom stereocenters. The van der Waals surface area contributed by atoms with Gasteiger partial charge in [0.05, 0.1) is 5.54 Å².